The van der Waals surface area contributed by atoms with Crippen molar-refractivity contribution >= 4 is 7.52 Å². The van der Waals surface area contributed by atoms with Gasteiger partial charge in [0.15, 0.2) is 0 Å². The van der Waals surface area contributed by atoms with Crippen molar-refractivity contribution in [2.24, 2.45) is 0 Å². The molecule has 6 heteroatoms. The summed E-state index contributed by atoms with van der Waals surface area (Å²) in [7, 11) is 1.24. The molecule has 1 aliphatic heterocycles. The van der Waals surface area contributed by atoms with Crippen LogP contribution in [0, 0.1) is 0 Å². The summed E-state index contributed by atoms with van der Waals surface area (Å²) in [6.45, 7) is 15.9. The number of likely N-dealkylation sites (N-methyl/N-ethyl adjacent to an activating group) is 1. The molecular formula is C15H34N2O3P+. The average Bonchev–Trinajstić information content (AvgIpc) is 2.31. The SMILES string of the molecule is CC(C)(C)OCC1(C)OP(=O)(C(C)(C)C)NCC[N+]1(C)C. The molecule has 21 heavy (non-hydrogen) atoms. The zero-order valence-corrected chi connectivity index (χ0v) is 16.1. The van der Waals surface area contributed by atoms with Crippen molar-refractivity contribution in [1.29, 1.82) is 0 Å². The van der Waals surface area contributed by atoms with Gasteiger partial charge in [-0.25, -0.2) is 5.09 Å². The second-order valence-electron chi connectivity index (χ2n) is 8.71. The number of nitrogens with zero attached hydrogens (tertiary/aromatic N) is 1. The molecule has 0 saturated carbocycles. The van der Waals surface area contributed by atoms with Crippen LogP contribution in [0.5, 0.6) is 0 Å². The summed E-state index contributed by atoms with van der Waals surface area (Å²) in [4.78, 5) is 0. The van der Waals surface area contributed by atoms with Crippen molar-refractivity contribution in [3.05, 3.63) is 0 Å². The van der Waals surface area contributed by atoms with E-state index in [1.165, 1.54) is 0 Å². The van der Waals surface area contributed by atoms with Gasteiger partial charge in [-0.3, -0.25) is 13.6 Å². The van der Waals surface area contributed by atoms with Crippen molar-refractivity contribution < 1.29 is 18.3 Å². The Morgan fingerprint density at radius 1 is 1.24 bits per heavy atom. The molecule has 1 rings (SSSR count). The maximum Gasteiger partial charge on any atom is 0.280 e. The molecule has 1 saturated heterocycles. The first-order chi connectivity index (χ1) is 9.12. The summed E-state index contributed by atoms with van der Waals surface area (Å²) in [6, 6.07) is 0. The Balaban J connectivity index is 3.13. The predicted octanol–water partition coefficient (Wildman–Crippen LogP) is 3.21. The Hall–Kier alpha value is 0.0700. The van der Waals surface area contributed by atoms with Gasteiger partial charge in [-0.15, -0.1) is 0 Å². The van der Waals surface area contributed by atoms with Gasteiger partial charge in [-0.05, 0) is 41.5 Å². The molecule has 1 heterocycles. The minimum Gasteiger partial charge on any atom is -0.367 e. The van der Waals surface area contributed by atoms with Gasteiger partial charge in [-0.2, -0.15) is 0 Å². The van der Waals surface area contributed by atoms with E-state index >= 15 is 0 Å². The summed E-state index contributed by atoms with van der Waals surface area (Å²) in [5.74, 6) is 0. The van der Waals surface area contributed by atoms with E-state index in [1.54, 1.807) is 0 Å². The van der Waals surface area contributed by atoms with Gasteiger partial charge < -0.3 is 4.74 Å². The largest absolute Gasteiger partial charge is 0.367 e. The number of hydrogen-bond acceptors (Lipinski definition) is 3. The zero-order valence-electron chi connectivity index (χ0n) is 15.2. The molecule has 5 nitrogen and oxygen atoms in total. The molecule has 1 fully saturated rings. The first kappa shape index (κ1) is 19.1. The van der Waals surface area contributed by atoms with E-state index < -0.39 is 18.4 Å². The Labute approximate surface area is 130 Å². The second-order valence-corrected chi connectivity index (χ2v) is 11.6. The number of nitrogens with one attached hydrogen (secondary N) is 1. The van der Waals surface area contributed by atoms with Crippen LogP contribution in [-0.4, -0.2) is 54.8 Å². The molecule has 126 valence electrons. The van der Waals surface area contributed by atoms with Gasteiger partial charge in [0.25, 0.3) is 7.52 Å². The summed E-state index contributed by atoms with van der Waals surface area (Å²) < 4.78 is 26.1. The van der Waals surface area contributed by atoms with Crippen LogP contribution in [0.3, 0.4) is 0 Å². The molecule has 0 aromatic rings. The van der Waals surface area contributed by atoms with Crippen LogP contribution < -0.4 is 5.09 Å². The normalized spacial score (nSPS) is 34.5. The van der Waals surface area contributed by atoms with E-state index in [2.05, 4.69) is 19.2 Å². The fraction of sp³-hybridized carbons (Fsp3) is 1.00. The van der Waals surface area contributed by atoms with Crippen molar-refractivity contribution in [2.75, 3.05) is 33.8 Å². The van der Waals surface area contributed by atoms with Crippen molar-refractivity contribution in [3.63, 3.8) is 0 Å². The molecule has 0 bridgehead atoms. The van der Waals surface area contributed by atoms with Crippen LogP contribution >= 0.6 is 7.52 Å². The maximum atomic E-state index is 13.3. The van der Waals surface area contributed by atoms with Gasteiger partial charge in [0, 0.05) is 6.92 Å². The second kappa shape index (κ2) is 5.61. The van der Waals surface area contributed by atoms with Crippen LogP contribution in [0.15, 0.2) is 0 Å². The molecular weight excluding hydrogens is 287 g/mol. The van der Waals surface area contributed by atoms with Gasteiger partial charge in [-0.1, -0.05) is 0 Å². The summed E-state index contributed by atoms with van der Waals surface area (Å²) in [5.41, 5.74) is -0.905. The van der Waals surface area contributed by atoms with Crippen LogP contribution in [0.25, 0.3) is 0 Å². The highest BCUT2D eigenvalue weighted by Crippen LogP contribution is 2.59. The topological polar surface area (TPSA) is 47.6 Å². The highest BCUT2D eigenvalue weighted by atomic mass is 31.2. The lowest BCUT2D eigenvalue weighted by atomic mass is 10.1. The molecule has 0 amide bonds. The average molecular weight is 321 g/mol. The van der Waals surface area contributed by atoms with E-state index in [9.17, 15) is 4.57 Å². The molecule has 2 atom stereocenters. The Morgan fingerprint density at radius 2 is 1.76 bits per heavy atom. The standard InChI is InChI=1S/C15H34N2O3P/c1-13(2,3)19-12-15(7)17(8,9)11-10-16-21(18,20-15)14(4,5)6/h10-12H2,1-9H3,(H,16,18)/q+1. The molecule has 0 aromatic heterocycles. The Kier molecular flexibility index (Phi) is 5.11. The molecule has 2 unspecified atom stereocenters. The number of hydrogen-bond donors (Lipinski definition) is 1. The molecule has 1 N–H and O–H groups in total. The van der Waals surface area contributed by atoms with Crippen molar-refractivity contribution in [2.45, 2.75) is 64.9 Å². The van der Waals surface area contributed by atoms with Crippen LogP contribution in [-0.2, 0) is 13.8 Å². The lowest BCUT2D eigenvalue weighted by Gasteiger charge is -2.46. The summed E-state index contributed by atoms with van der Waals surface area (Å²) in [6.07, 6.45) is 0. The zero-order chi connectivity index (χ0) is 16.7. The molecule has 0 aromatic carbocycles. The van der Waals surface area contributed by atoms with Crippen LogP contribution in [0.1, 0.15) is 48.5 Å². The molecule has 0 spiro atoms. The molecule has 0 radical (unpaired) electrons. The predicted molar refractivity (Wildman–Crippen MR) is 87.5 cm³/mol. The monoisotopic (exact) mass is 321 g/mol. The fourth-order valence-corrected chi connectivity index (χ4v) is 4.09. The van der Waals surface area contributed by atoms with Gasteiger partial charge >= 0.3 is 0 Å². The lowest BCUT2D eigenvalue weighted by molar-refractivity contribution is -0.959. The third kappa shape index (κ3) is 4.29. The van der Waals surface area contributed by atoms with Gasteiger partial charge in [0.05, 0.1) is 37.9 Å². The molecule has 1 aliphatic rings. The highest BCUT2D eigenvalue weighted by Gasteiger charge is 2.54. The summed E-state index contributed by atoms with van der Waals surface area (Å²) >= 11 is 0. The smallest absolute Gasteiger partial charge is 0.280 e. The third-order valence-electron chi connectivity index (χ3n) is 4.25. The quantitative estimate of drug-likeness (QED) is 0.627. The Morgan fingerprint density at radius 3 is 2.19 bits per heavy atom. The van der Waals surface area contributed by atoms with Crippen molar-refractivity contribution in [3.8, 4) is 0 Å². The minimum absolute atomic E-state index is 0.252. The van der Waals surface area contributed by atoms with Gasteiger partial charge in [0.1, 0.15) is 6.61 Å². The van der Waals surface area contributed by atoms with E-state index in [1.807, 2.05) is 48.5 Å². The van der Waals surface area contributed by atoms with Crippen LogP contribution in [0.4, 0.5) is 0 Å². The van der Waals surface area contributed by atoms with Crippen molar-refractivity contribution in [1.82, 2.24) is 5.09 Å². The lowest BCUT2D eigenvalue weighted by Crippen LogP contribution is -2.62. The van der Waals surface area contributed by atoms with E-state index in [0.29, 0.717) is 17.6 Å². The number of rotatable bonds is 2. The molecule has 0 aliphatic carbocycles. The highest BCUT2D eigenvalue weighted by molar-refractivity contribution is 7.58. The fourth-order valence-electron chi connectivity index (χ4n) is 2.06. The first-order valence-corrected chi connectivity index (χ1v) is 9.28. The van der Waals surface area contributed by atoms with E-state index in [0.717, 1.165) is 6.54 Å². The maximum absolute atomic E-state index is 13.3. The van der Waals surface area contributed by atoms with Crippen LogP contribution in [0.2, 0.25) is 0 Å². The third-order valence-corrected chi connectivity index (χ3v) is 7.31. The minimum atomic E-state index is -2.97. The summed E-state index contributed by atoms with van der Waals surface area (Å²) in [5, 5.41) is 2.72. The Bertz CT molecular complexity index is 424. The van der Waals surface area contributed by atoms with Gasteiger partial charge in [0.2, 0.25) is 5.72 Å². The number of ether oxygens (including phenoxy) is 1. The van der Waals surface area contributed by atoms with E-state index in [4.69, 9.17) is 9.26 Å². The first-order valence-electron chi connectivity index (χ1n) is 7.65. The van der Waals surface area contributed by atoms with E-state index in [-0.39, 0.29) is 5.60 Å². The number of quaternary nitrogens is 1.